The smallest absolute Gasteiger partial charge is 0.128 e. The summed E-state index contributed by atoms with van der Waals surface area (Å²) in [6.07, 6.45) is 4.45. The zero-order valence-electron chi connectivity index (χ0n) is 10.2. The highest BCUT2D eigenvalue weighted by Gasteiger charge is 2.16. The van der Waals surface area contributed by atoms with Crippen molar-refractivity contribution in [3.05, 3.63) is 23.9 Å². The molecule has 3 nitrogen and oxygen atoms in total. The van der Waals surface area contributed by atoms with E-state index in [0.717, 1.165) is 18.3 Å². The second-order valence-corrected chi connectivity index (χ2v) is 4.80. The number of pyridine rings is 1. The Morgan fingerprint density at radius 2 is 2.19 bits per heavy atom. The van der Waals surface area contributed by atoms with E-state index < -0.39 is 0 Å². The maximum Gasteiger partial charge on any atom is 0.128 e. The van der Waals surface area contributed by atoms with Crippen LogP contribution < -0.4 is 5.32 Å². The summed E-state index contributed by atoms with van der Waals surface area (Å²) < 4.78 is 0. The van der Waals surface area contributed by atoms with Gasteiger partial charge in [0.25, 0.3) is 0 Å². The molecule has 16 heavy (non-hydrogen) atoms. The summed E-state index contributed by atoms with van der Waals surface area (Å²) in [6, 6.07) is 4.08. The Labute approximate surface area is 97.9 Å². The van der Waals surface area contributed by atoms with Crippen LogP contribution in [0.4, 0.5) is 5.82 Å². The van der Waals surface area contributed by atoms with Crippen LogP contribution in [0.15, 0.2) is 18.3 Å². The lowest BCUT2D eigenvalue weighted by molar-refractivity contribution is 0.226. The summed E-state index contributed by atoms with van der Waals surface area (Å²) in [6.45, 7) is 5.62. The molecule has 88 valence electrons. The van der Waals surface area contributed by atoms with Gasteiger partial charge < -0.3 is 10.2 Å². The quantitative estimate of drug-likeness (QED) is 0.844. The number of piperidine rings is 1. The minimum absolute atomic E-state index is 0.803. The van der Waals surface area contributed by atoms with E-state index in [1.165, 1.54) is 31.5 Å². The van der Waals surface area contributed by atoms with Crippen molar-refractivity contribution < 1.29 is 0 Å². The molecule has 1 fully saturated rings. The van der Waals surface area contributed by atoms with E-state index in [-0.39, 0.29) is 0 Å². The molecule has 1 aliphatic heterocycles. The zero-order valence-corrected chi connectivity index (χ0v) is 10.2. The van der Waals surface area contributed by atoms with Gasteiger partial charge in [-0.05, 0) is 57.5 Å². The fourth-order valence-corrected chi connectivity index (χ4v) is 2.18. The fourth-order valence-electron chi connectivity index (χ4n) is 2.18. The molecular formula is C13H21N3. The minimum atomic E-state index is 0.803. The average molecular weight is 219 g/mol. The van der Waals surface area contributed by atoms with Gasteiger partial charge in [0.05, 0.1) is 0 Å². The first-order chi connectivity index (χ1) is 7.75. The average Bonchev–Trinajstić information content (AvgIpc) is 2.30. The SMILES string of the molecule is Cc1cccnc1NCC1CCN(C)CC1. The lowest BCUT2D eigenvalue weighted by atomic mass is 9.97. The molecule has 1 N–H and O–H groups in total. The van der Waals surface area contributed by atoms with Crippen molar-refractivity contribution in [3.63, 3.8) is 0 Å². The highest BCUT2D eigenvalue weighted by atomic mass is 15.1. The monoisotopic (exact) mass is 219 g/mol. The molecule has 0 saturated carbocycles. The van der Waals surface area contributed by atoms with Crippen LogP contribution in [-0.2, 0) is 0 Å². The number of nitrogens with one attached hydrogen (secondary N) is 1. The van der Waals surface area contributed by atoms with Gasteiger partial charge in [0.1, 0.15) is 5.82 Å². The first-order valence-electron chi connectivity index (χ1n) is 6.10. The third kappa shape index (κ3) is 2.95. The Morgan fingerprint density at radius 1 is 1.44 bits per heavy atom. The van der Waals surface area contributed by atoms with Crippen LogP contribution in [0.25, 0.3) is 0 Å². The molecule has 0 bridgehead atoms. The van der Waals surface area contributed by atoms with Gasteiger partial charge in [0, 0.05) is 12.7 Å². The molecule has 0 radical (unpaired) electrons. The van der Waals surface area contributed by atoms with E-state index >= 15 is 0 Å². The molecule has 3 heteroatoms. The normalized spacial score (nSPS) is 18.6. The summed E-state index contributed by atoms with van der Waals surface area (Å²) in [4.78, 5) is 6.76. The van der Waals surface area contributed by atoms with E-state index in [9.17, 15) is 0 Å². The molecule has 0 amide bonds. The maximum atomic E-state index is 4.36. The molecule has 1 saturated heterocycles. The van der Waals surface area contributed by atoms with Crippen LogP contribution >= 0.6 is 0 Å². The third-order valence-electron chi connectivity index (χ3n) is 3.41. The second kappa shape index (κ2) is 5.30. The maximum absolute atomic E-state index is 4.36. The Bertz CT molecular complexity index is 330. The van der Waals surface area contributed by atoms with Gasteiger partial charge in [-0.25, -0.2) is 4.98 Å². The van der Waals surface area contributed by atoms with Crippen molar-refractivity contribution in [1.82, 2.24) is 9.88 Å². The topological polar surface area (TPSA) is 28.2 Å². The Kier molecular flexibility index (Phi) is 3.78. The molecule has 0 atom stereocenters. The Balaban J connectivity index is 1.81. The van der Waals surface area contributed by atoms with Gasteiger partial charge in [-0.1, -0.05) is 6.07 Å². The Morgan fingerprint density at radius 3 is 2.88 bits per heavy atom. The van der Waals surface area contributed by atoms with Crippen molar-refractivity contribution in [3.8, 4) is 0 Å². The molecule has 2 heterocycles. The highest BCUT2D eigenvalue weighted by Crippen LogP contribution is 2.17. The summed E-state index contributed by atoms with van der Waals surface area (Å²) in [5, 5.41) is 3.47. The number of rotatable bonds is 3. The Hall–Kier alpha value is -1.09. The van der Waals surface area contributed by atoms with Gasteiger partial charge in [-0.2, -0.15) is 0 Å². The van der Waals surface area contributed by atoms with Crippen LogP contribution in [0.1, 0.15) is 18.4 Å². The van der Waals surface area contributed by atoms with Gasteiger partial charge >= 0.3 is 0 Å². The predicted octanol–water partition coefficient (Wildman–Crippen LogP) is 2.14. The van der Waals surface area contributed by atoms with Gasteiger partial charge in [-0.3, -0.25) is 0 Å². The van der Waals surface area contributed by atoms with Gasteiger partial charge in [0.15, 0.2) is 0 Å². The lowest BCUT2D eigenvalue weighted by Gasteiger charge is -2.29. The summed E-state index contributed by atoms with van der Waals surface area (Å²) in [5.41, 5.74) is 1.23. The molecule has 0 spiro atoms. The van der Waals surface area contributed by atoms with Crippen molar-refractivity contribution >= 4 is 5.82 Å². The first-order valence-corrected chi connectivity index (χ1v) is 6.10. The first kappa shape index (κ1) is 11.4. The van der Waals surface area contributed by atoms with Crippen molar-refractivity contribution in [2.45, 2.75) is 19.8 Å². The van der Waals surface area contributed by atoms with Crippen molar-refractivity contribution in [2.75, 3.05) is 32.0 Å². The highest BCUT2D eigenvalue weighted by molar-refractivity contribution is 5.42. The number of hydrogen-bond donors (Lipinski definition) is 1. The number of nitrogens with zero attached hydrogens (tertiary/aromatic N) is 2. The molecule has 1 aliphatic rings. The van der Waals surface area contributed by atoms with Crippen LogP contribution in [0.2, 0.25) is 0 Å². The number of aryl methyl sites for hydroxylation is 1. The van der Waals surface area contributed by atoms with Crippen LogP contribution in [0, 0.1) is 12.8 Å². The largest absolute Gasteiger partial charge is 0.370 e. The molecule has 2 rings (SSSR count). The van der Waals surface area contributed by atoms with Crippen LogP contribution in [0.3, 0.4) is 0 Å². The molecule has 0 aliphatic carbocycles. The predicted molar refractivity (Wildman–Crippen MR) is 67.7 cm³/mol. The molecule has 0 unspecified atom stereocenters. The van der Waals surface area contributed by atoms with E-state index in [1.807, 2.05) is 12.3 Å². The lowest BCUT2D eigenvalue weighted by Crippen LogP contribution is -2.33. The standard InChI is InChI=1S/C13H21N3/c1-11-4-3-7-14-13(11)15-10-12-5-8-16(2)9-6-12/h3-4,7,12H,5-6,8-10H2,1-2H3,(H,14,15). The summed E-state index contributed by atoms with van der Waals surface area (Å²) in [5.74, 6) is 1.85. The van der Waals surface area contributed by atoms with Crippen LogP contribution in [0.5, 0.6) is 0 Å². The summed E-state index contributed by atoms with van der Waals surface area (Å²) in [7, 11) is 2.20. The number of hydrogen-bond acceptors (Lipinski definition) is 3. The van der Waals surface area contributed by atoms with Gasteiger partial charge in [-0.15, -0.1) is 0 Å². The number of aromatic nitrogens is 1. The fraction of sp³-hybridized carbons (Fsp3) is 0.615. The van der Waals surface area contributed by atoms with Crippen molar-refractivity contribution in [2.24, 2.45) is 5.92 Å². The van der Waals surface area contributed by atoms with E-state index in [2.05, 4.69) is 35.2 Å². The van der Waals surface area contributed by atoms with E-state index in [4.69, 9.17) is 0 Å². The molecular weight excluding hydrogens is 198 g/mol. The van der Waals surface area contributed by atoms with E-state index in [0.29, 0.717) is 0 Å². The molecule has 0 aromatic carbocycles. The number of anilines is 1. The van der Waals surface area contributed by atoms with Crippen molar-refractivity contribution in [1.29, 1.82) is 0 Å². The van der Waals surface area contributed by atoms with Gasteiger partial charge in [0.2, 0.25) is 0 Å². The molecule has 1 aromatic heterocycles. The van der Waals surface area contributed by atoms with E-state index in [1.54, 1.807) is 0 Å². The summed E-state index contributed by atoms with van der Waals surface area (Å²) >= 11 is 0. The third-order valence-corrected chi connectivity index (χ3v) is 3.41. The zero-order chi connectivity index (χ0) is 11.4. The molecule has 1 aromatic rings. The second-order valence-electron chi connectivity index (χ2n) is 4.80. The van der Waals surface area contributed by atoms with Crippen LogP contribution in [-0.4, -0.2) is 36.6 Å². The number of likely N-dealkylation sites (tertiary alicyclic amines) is 1. The minimum Gasteiger partial charge on any atom is -0.370 e.